The number of nitrogens with zero attached hydrogens (tertiary/aromatic N) is 2. The summed E-state index contributed by atoms with van der Waals surface area (Å²) in [5.74, 6) is 1.30. The van der Waals surface area contributed by atoms with E-state index in [0.717, 1.165) is 22.3 Å². The van der Waals surface area contributed by atoms with Crippen LogP contribution in [0.4, 0.5) is 0 Å². The third-order valence-corrected chi connectivity index (χ3v) is 7.17. The number of hydrogen-bond acceptors (Lipinski definition) is 4. The molecule has 0 fully saturated rings. The summed E-state index contributed by atoms with van der Waals surface area (Å²) in [6.45, 7) is 4.19. The molecule has 0 saturated carbocycles. The first-order chi connectivity index (χ1) is 18.1. The third-order valence-electron chi connectivity index (χ3n) is 7.17. The van der Waals surface area contributed by atoms with Crippen molar-refractivity contribution in [3.05, 3.63) is 144 Å². The first-order valence-electron chi connectivity index (χ1n) is 12.8. The maximum atomic E-state index is 6.66. The van der Waals surface area contributed by atoms with Crippen LogP contribution in [0.15, 0.2) is 131 Å². The quantitative estimate of drug-likeness (QED) is 0.279. The lowest BCUT2D eigenvalue weighted by Gasteiger charge is -2.26. The monoisotopic (exact) mass is 486 g/mol. The second kappa shape index (κ2) is 9.70. The number of rotatable bonds is 6. The Balaban J connectivity index is 1.37. The highest BCUT2D eigenvalue weighted by atomic mass is 16.5. The topological polar surface area (TPSA) is 43.2 Å². The molecule has 0 unspecified atom stereocenters. The van der Waals surface area contributed by atoms with Gasteiger partial charge in [0, 0.05) is 0 Å². The van der Waals surface area contributed by atoms with E-state index in [1.54, 1.807) is 0 Å². The zero-order valence-corrected chi connectivity index (χ0v) is 21.1. The molecular formula is C33H30N2O2. The molecule has 4 atom stereocenters. The van der Waals surface area contributed by atoms with Crippen molar-refractivity contribution in [2.24, 2.45) is 15.4 Å². The predicted molar refractivity (Wildman–Crippen MR) is 148 cm³/mol. The molecule has 0 bridgehead atoms. The molecule has 4 heteroatoms. The molecule has 4 aromatic carbocycles. The van der Waals surface area contributed by atoms with Gasteiger partial charge in [0.25, 0.3) is 0 Å². The van der Waals surface area contributed by atoms with Crippen molar-refractivity contribution in [1.82, 2.24) is 0 Å². The SMILES string of the molecule is CC(C)(C1=N[C@@H](c2ccccc2)[C@@H](c2ccccc2)O1)C1=N[C@@H](c2ccccc2)[C@H](c2ccccc2)O1. The largest absolute Gasteiger partial charge is 0.469 e. The Hall–Kier alpha value is -4.18. The van der Waals surface area contributed by atoms with Crippen LogP contribution in [0.25, 0.3) is 0 Å². The van der Waals surface area contributed by atoms with Crippen molar-refractivity contribution in [1.29, 1.82) is 0 Å². The molecule has 184 valence electrons. The van der Waals surface area contributed by atoms with Crippen molar-refractivity contribution in [2.75, 3.05) is 0 Å². The molecule has 4 nitrogen and oxygen atoms in total. The maximum Gasteiger partial charge on any atom is 0.200 e. The minimum absolute atomic E-state index is 0.144. The van der Waals surface area contributed by atoms with Crippen LogP contribution in [-0.2, 0) is 9.47 Å². The van der Waals surface area contributed by atoms with E-state index in [0.29, 0.717) is 11.8 Å². The molecule has 2 heterocycles. The lowest BCUT2D eigenvalue weighted by atomic mass is 9.93. The Morgan fingerprint density at radius 3 is 1.08 bits per heavy atom. The number of ether oxygens (including phenoxy) is 2. The van der Waals surface area contributed by atoms with Gasteiger partial charge in [-0.2, -0.15) is 0 Å². The summed E-state index contributed by atoms with van der Waals surface area (Å²) in [5, 5.41) is 0. The Kier molecular flexibility index (Phi) is 6.09. The minimum atomic E-state index is -0.646. The van der Waals surface area contributed by atoms with Gasteiger partial charge in [-0.3, -0.25) is 0 Å². The first-order valence-corrected chi connectivity index (χ1v) is 12.8. The van der Waals surface area contributed by atoms with Gasteiger partial charge in [-0.05, 0) is 36.1 Å². The Bertz CT molecular complexity index is 1290. The molecular weight excluding hydrogens is 456 g/mol. The van der Waals surface area contributed by atoms with Crippen LogP contribution in [0.2, 0.25) is 0 Å². The average Bonchev–Trinajstić information content (AvgIpc) is 3.62. The zero-order valence-electron chi connectivity index (χ0n) is 21.1. The fourth-order valence-electron chi connectivity index (χ4n) is 5.11. The van der Waals surface area contributed by atoms with E-state index in [1.807, 2.05) is 48.5 Å². The van der Waals surface area contributed by atoms with Gasteiger partial charge in [-0.15, -0.1) is 0 Å². The summed E-state index contributed by atoms with van der Waals surface area (Å²) in [4.78, 5) is 10.3. The van der Waals surface area contributed by atoms with Gasteiger partial charge in [0.05, 0.1) is 0 Å². The zero-order chi connectivity index (χ0) is 25.2. The predicted octanol–water partition coefficient (Wildman–Crippen LogP) is 7.84. The van der Waals surface area contributed by atoms with Crippen LogP contribution < -0.4 is 0 Å². The highest BCUT2D eigenvalue weighted by molar-refractivity contribution is 6.05. The third kappa shape index (κ3) is 4.44. The number of hydrogen-bond donors (Lipinski definition) is 0. The smallest absolute Gasteiger partial charge is 0.200 e. The molecule has 0 N–H and O–H groups in total. The Labute approximate surface area is 218 Å². The standard InChI is InChI=1S/C33H30N2O2/c1-33(2,31-34-27(23-15-7-3-8-16-23)29(36-31)25-19-11-5-12-20-25)32-35-28(24-17-9-4-10-18-24)30(37-32)26-21-13-6-14-22-26/h3-22,27-30H,1-2H3/t27-,28-,29-,30+/m0/s1. The average molecular weight is 487 g/mol. The fraction of sp³-hybridized carbons (Fsp3) is 0.212. The van der Waals surface area contributed by atoms with Crippen molar-refractivity contribution in [2.45, 2.75) is 38.1 Å². The molecule has 0 saturated heterocycles. The number of aliphatic imine (C=N–C) groups is 2. The second-order valence-corrected chi connectivity index (χ2v) is 10.1. The molecule has 4 aromatic rings. The maximum absolute atomic E-state index is 6.66. The van der Waals surface area contributed by atoms with E-state index in [2.05, 4.69) is 86.6 Å². The van der Waals surface area contributed by atoms with Crippen LogP contribution in [0.1, 0.15) is 60.4 Å². The highest BCUT2D eigenvalue weighted by Crippen LogP contribution is 2.47. The van der Waals surface area contributed by atoms with E-state index < -0.39 is 5.41 Å². The number of benzene rings is 4. The first kappa shape index (κ1) is 23.2. The molecule has 0 spiro atoms. The normalized spacial score (nSPS) is 23.1. The van der Waals surface area contributed by atoms with Crippen LogP contribution in [-0.4, -0.2) is 11.8 Å². The Morgan fingerprint density at radius 2 is 0.757 bits per heavy atom. The fourth-order valence-corrected chi connectivity index (χ4v) is 5.11. The molecule has 0 aromatic heterocycles. The highest BCUT2D eigenvalue weighted by Gasteiger charge is 2.47. The molecule has 2 aliphatic rings. The van der Waals surface area contributed by atoms with Gasteiger partial charge in [0.15, 0.2) is 24.0 Å². The van der Waals surface area contributed by atoms with E-state index in [4.69, 9.17) is 19.5 Å². The van der Waals surface area contributed by atoms with E-state index in [-0.39, 0.29) is 24.3 Å². The summed E-state index contributed by atoms with van der Waals surface area (Å²) in [6.07, 6.45) is -0.426. The van der Waals surface area contributed by atoms with Crippen molar-refractivity contribution in [3.63, 3.8) is 0 Å². The van der Waals surface area contributed by atoms with Gasteiger partial charge >= 0.3 is 0 Å². The van der Waals surface area contributed by atoms with Crippen LogP contribution in [0.3, 0.4) is 0 Å². The van der Waals surface area contributed by atoms with Crippen molar-refractivity contribution < 1.29 is 9.47 Å². The van der Waals surface area contributed by atoms with Gasteiger partial charge in [-0.25, -0.2) is 9.98 Å². The van der Waals surface area contributed by atoms with Gasteiger partial charge in [-0.1, -0.05) is 121 Å². The lowest BCUT2D eigenvalue weighted by Crippen LogP contribution is -2.34. The second-order valence-electron chi connectivity index (χ2n) is 10.1. The summed E-state index contributed by atoms with van der Waals surface area (Å²) in [5.41, 5.74) is 3.81. The van der Waals surface area contributed by atoms with E-state index >= 15 is 0 Å². The van der Waals surface area contributed by atoms with E-state index in [1.165, 1.54) is 0 Å². The summed E-state index contributed by atoms with van der Waals surface area (Å²) < 4.78 is 13.3. The summed E-state index contributed by atoms with van der Waals surface area (Å²) in [7, 11) is 0. The van der Waals surface area contributed by atoms with Crippen LogP contribution in [0.5, 0.6) is 0 Å². The van der Waals surface area contributed by atoms with Crippen LogP contribution >= 0.6 is 0 Å². The van der Waals surface area contributed by atoms with Gasteiger partial charge in [0.1, 0.15) is 17.5 Å². The molecule has 2 aliphatic heterocycles. The minimum Gasteiger partial charge on any atom is -0.469 e. The molecule has 0 radical (unpaired) electrons. The lowest BCUT2D eigenvalue weighted by molar-refractivity contribution is 0.162. The van der Waals surface area contributed by atoms with Gasteiger partial charge in [0.2, 0.25) is 0 Å². The van der Waals surface area contributed by atoms with Crippen LogP contribution in [0, 0.1) is 5.41 Å². The summed E-state index contributed by atoms with van der Waals surface area (Å²) >= 11 is 0. The molecule has 0 aliphatic carbocycles. The summed E-state index contributed by atoms with van der Waals surface area (Å²) in [6, 6.07) is 41.1. The van der Waals surface area contributed by atoms with Crippen molar-refractivity contribution in [3.8, 4) is 0 Å². The van der Waals surface area contributed by atoms with E-state index in [9.17, 15) is 0 Å². The molecule has 6 rings (SSSR count). The van der Waals surface area contributed by atoms with Gasteiger partial charge < -0.3 is 9.47 Å². The van der Waals surface area contributed by atoms with Crippen molar-refractivity contribution >= 4 is 11.8 Å². The molecule has 0 amide bonds. The Morgan fingerprint density at radius 1 is 0.459 bits per heavy atom. The molecule has 37 heavy (non-hydrogen) atoms.